The van der Waals surface area contributed by atoms with E-state index in [2.05, 4.69) is 15.5 Å². The van der Waals surface area contributed by atoms with Crippen LogP contribution < -0.4 is 0 Å². The van der Waals surface area contributed by atoms with Crippen molar-refractivity contribution < 1.29 is 14.4 Å². The molecule has 2 heterocycles. The highest BCUT2D eigenvalue weighted by Gasteiger charge is 2.17. The zero-order chi connectivity index (χ0) is 23.7. The standard InChI is InChI=1S/C23H14N6O5/c30-28(31)17-9-5-15(6-10-17)13-22(27-21-4-2-1-3-19(21)24-26-27)20-14-23(34-25-20)16-7-11-18(12-8-16)29(32)33/h1-14H/b22-13+. The summed E-state index contributed by atoms with van der Waals surface area (Å²) in [6, 6.07) is 21.1. The van der Waals surface area contributed by atoms with Gasteiger partial charge in [0.1, 0.15) is 11.2 Å². The van der Waals surface area contributed by atoms with Gasteiger partial charge in [0.15, 0.2) is 5.76 Å². The van der Waals surface area contributed by atoms with Gasteiger partial charge in [-0.15, -0.1) is 5.10 Å². The highest BCUT2D eigenvalue weighted by Crippen LogP contribution is 2.29. The maximum atomic E-state index is 11.0. The van der Waals surface area contributed by atoms with Gasteiger partial charge in [-0.25, -0.2) is 4.68 Å². The molecule has 0 N–H and O–H groups in total. The molecule has 0 unspecified atom stereocenters. The van der Waals surface area contributed by atoms with Gasteiger partial charge in [0.2, 0.25) is 0 Å². The molecule has 11 heteroatoms. The van der Waals surface area contributed by atoms with Crippen LogP contribution in [0.15, 0.2) is 83.4 Å². The first kappa shape index (κ1) is 20.7. The molecule has 0 saturated heterocycles. The van der Waals surface area contributed by atoms with Gasteiger partial charge < -0.3 is 4.52 Å². The molecule has 34 heavy (non-hydrogen) atoms. The molecule has 0 spiro atoms. The van der Waals surface area contributed by atoms with Crippen molar-refractivity contribution in [2.75, 3.05) is 0 Å². The number of nitro benzene ring substituents is 2. The van der Waals surface area contributed by atoms with Crippen molar-refractivity contribution in [2.45, 2.75) is 0 Å². The Morgan fingerprint density at radius 3 is 2.21 bits per heavy atom. The van der Waals surface area contributed by atoms with Crippen molar-refractivity contribution in [1.29, 1.82) is 0 Å². The molecule has 0 amide bonds. The molecular weight excluding hydrogens is 440 g/mol. The zero-order valence-corrected chi connectivity index (χ0v) is 17.3. The lowest BCUT2D eigenvalue weighted by Crippen LogP contribution is -2.02. The third kappa shape index (κ3) is 3.88. The number of aromatic nitrogens is 4. The van der Waals surface area contributed by atoms with Gasteiger partial charge >= 0.3 is 0 Å². The van der Waals surface area contributed by atoms with E-state index in [1.807, 2.05) is 24.3 Å². The van der Waals surface area contributed by atoms with Crippen LogP contribution in [0.4, 0.5) is 11.4 Å². The fourth-order valence-corrected chi connectivity index (χ4v) is 3.42. The first-order valence-corrected chi connectivity index (χ1v) is 9.98. The zero-order valence-electron chi connectivity index (χ0n) is 17.3. The van der Waals surface area contributed by atoms with E-state index < -0.39 is 9.85 Å². The van der Waals surface area contributed by atoms with E-state index in [9.17, 15) is 20.2 Å². The summed E-state index contributed by atoms with van der Waals surface area (Å²) in [6.07, 6.45) is 1.77. The van der Waals surface area contributed by atoms with Gasteiger partial charge in [0.25, 0.3) is 11.4 Å². The van der Waals surface area contributed by atoms with E-state index in [4.69, 9.17) is 4.52 Å². The molecule has 0 atom stereocenters. The normalized spacial score (nSPS) is 11.6. The van der Waals surface area contributed by atoms with E-state index in [-0.39, 0.29) is 11.4 Å². The predicted molar refractivity (Wildman–Crippen MR) is 122 cm³/mol. The lowest BCUT2D eigenvalue weighted by molar-refractivity contribution is -0.385. The third-order valence-corrected chi connectivity index (χ3v) is 5.12. The van der Waals surface area contributed by atoms with Crippen molar-refractivity contribution in [3.05, 3.63) is 110 Å². The van der Waals surface area contributed by atoms with Crippen LogP contribution >= 0.6 is 0 Å². The van der Waals surface area contributed by atoms with Gasteiger partial charge in [0, 0.05) is 35.9 Å². The van der Waals surface area contributed by atoms with E-state index in [1.54, 1.807) is 41.1 Å². The van der Waals surface area contributed by atoms with E-state index in [0.29, 0.717) is 33.8 Å². The van der Waals surface area contributed by atoms with Crippen LogP contribution in [-0.4, -0.2) is 30.0 Å². The fourth-order valence-electron chi connectivity index (χ4n) is 3.42. The van der Waals surface area contributed by atoms with Crippen LogP contribution in [0.5, 0.6) is 0 Å². The number of hydrogen-bond acceptors (Lipinski definition) is 8. The second-order valence-electron chi connectivity index (χ2n) is 7.25. The Bertz CT molecular complexity index is 1550. The molecule has 3 aromatic carbocycles. The minimum Gasteiger partial charge on any atom is -0.356 e. The molecule has 0 aliphatic rings. The van der Waals surface area contributed by atoms with Crippen LogP contribution in [-0.2, 0) is 0 Å². The smallest absolute Gasteiger partial charge is 0.269 e. The van der Waals surface area contributed by atoms with Crippen LogP contribution in [0.2, 0.25) is 0 Å². The monoisotopic (exact) mass is 454 g/mol. The summed E-state index contributed by atoms with van der Waals surface area (Å²) >= 11 is 0. The quantitative estimate of drug-likeness (QED) is 0.259. The number of non-ortho nitro benzene ring substituents is 2. The Kier molecular flexibility index (Phi) is 5.11. The van der Waals surface area contributed by atoms with Crippen LogP contribution in [0.25, 0.3) is 34.1 Å². The third-order valence-electron chi connectivity index (χ3n) is 5.12. The first-order valence-electron chi connectivity index (χ1n) is 9.98. The van der Waals surface area contributed by atoms with E-state index in [1.165, 1.54) is 24.3 Å². The lowest BCUT2D eigenvalue weighted by atomic mass is 10.1. The SMILES string of the molecule is O=[N+]([O-])c1ccc(/C=C(\c2cc(-c3ccc([N+](=O)[O-])cc3)on2)n2nnc3ccccc32)cc1. The van der Waals surface area contributed by atoms with Gasteiger partial charge in [-0.05, 0) is 48.0 Å². The molecule has 0 bridgehead atoms. The summed E-state index contributed by atoms with van der Waals surface area (Å²) in [5.74, 6) is 0.406. The molecule has 11 nitrogen and oxygen atoms in total. The van der Waals surface area contributed by atoms with Crippen LogP contribution in [0.3, 0.4) is 0 Å². The molecule has 2 aromatic heterocycles. The number of fused-ring (bicyclic) bond motifs is 1. The molecular formula is C23H14N6O5. The van der Waals surface area contributed by atoms with E-state index in [0.717, 1.165) is 5.52 Å². The first-order chi connectivity index (χ1) is 16.5. The molecule has 5 aromatic rings. The minimum absolute atomic E-state index is 0.0215. The number of nitrogens with zero attached hydrogens (tertiary/aromatic N) is 6. The molecule has 0 aliphatic carbocycles. The van der Waals surface area contributed by atoms with Gasteiger partial charge in [-0.1, -0.05) is 22.5 Å². The molecule has 5 rings (SSSR count). The number of nitro groups is 2. The number of rotatable bonds is 6. The predicted octanol–water partition coefficient (Wildman–Crippen LogP) is 4.95. The Labute approximate surface area is 190 Å². The summed E-state index contributed by atoms with van der Waals surface area (Å²) in [5.41, 5.74) is 3.61. The average Bonchev–Trinajstić information content (AvgIpc) is 3.51. The van der Waals surface area contributed by atoms with Gasteiger partial charge in [-0.3, -0.25) is 20.2 Å². The maximum absolute atomic E-state index is 11.0. The highest BCUT2D eigenvalue weighted by molar-refractivity contribution is 5.87. The number of hydrogen-bond donors (Lipinski definition) is 0. The van der Waals surface area contributed by atoms with Gasteiger partial charge in [0.05, 0.1) is 21.1 Å². The maximum Gasteiger partial charge on any atom is 0.269 e. The Hall–Kier alpha value is -5.19. The lowest BCUT2D eigenvalue weighted by Gasteiger charge is -2.05. The second kappa shape index (κ2) is 8.39. The van der Waals surface area contributed by atoms with Crippen molar-refractivity contribution >= 4 is 34.2 Å². The average molecular weight is 454 g/mol. The highest BCUT2D eigenvalue weighted by atomic mass is 16.6. The Morgan fingerprint density at radius 1 is 0.882 bits per heavy atom. The molecule has 0 fully saturated rings. The Morgan fingerprint density at radius 2 is 1.53 bits per heavy atom. The summed E-state index contributed by atoms with van der Waals surface area (Å²) in [6.45, 7) is 0. The summed E-state index contributed by atoms with van der Waals surface area (Å²) in [7, 11) is 0. The largest absolute Gasteiger partial charge is 0.356 e. The molecule has 0 aliphatic heterocycles. The van der Waals surface area contributed by atoms with E-state index >= 15 is 0 Å². The van der Waals surface area contributed by atoms with Crippen molar-refractivity contribution in [3.8, 4) is 11.3 Å². The number of para-hydroxylation sites is 1. The van der Waals surface area contributed by atoms with Gasteiger partial charge in [-0.2, -0.15) is 0 Å². The van der Waals surface area contributed by atoms with Crippen molar-refractivity contribution in [2.24, 2.45) is 0 Å². The van der Waals surface area contributed by atoms with Crippen LogP contribution in [0.1, 0.15) is 11.3 Å². The summed E-state index contributed by atoms with van der Waals surface area (Å²) in [4.78, 5) is 21.0. The Balaban J connectivity index is 1.60. The summed E-state index contributed by atoms with van der Waals surface area (Å²) in [5, 5.41) is 34.6. The second-order valence-corrected chi connectivity index (χ2v) is 7.25. The molecule has 166 valence electrons. The molecule has 0 saturated carbocycles. The minimum atomic E-state index is -0.476. The topological polar surface area (TPSA) is 143 Å². The summed E-state index contributed by atoms with van der Waals surface area (Å²) < 4.78 is 7.12. The number of benzene rings is 3. The van der Waals surface area contributed by atoms with Crippen molar-refractivity contribution in [3.63, 3.8) is 0 Å². The van der Waals surface area contributed by atoms with Crippen molar-refractivity contribution in [1.82, 2.24) is 20.2 Å². The molecule has 0 radical (unpaired) electrons. The van der Waals surface area contributed by atoms with Crippen LogP contribution in [0, 0.1) is 20.2 Å². The fraction of sp³-hybridized carbons (Fsp3) is 0.